The standard InChI is InChI=1S/C16H28N4/c1-11-7-8-20(10-12(11)2)16-15(9-17-14-5-6-14)13(3)18-19(16)4/h11-12,14,17H,5-10H2,1-4H3. The highest BCUT2D eigenvalue weighted by molar-refractivity contribution is 5.50. The van der Waals surface area contributed by atoms with Crippen LogP contribution in [0.4, 0.5) is 5.82 Å². The highest BCUT2D eigenvalue weighted by atomic mass is 15.4. The van der Waals surface area contributed by atoms with Crippen LogP contribution in [0.3, 0.4) is 0 Å². The Morgan fingerprint density at radius 2 is 1.95 bits per heavy atom. The topological polar surface area (TPSA) is 33.1 Å². The number of nitrogens with zero attached hydrogens (tertiary/aromatic N) is 3. The molecule has 0 radical (unpaired) electrons. The summed E-state index contributed by atoms with van der Waals surface area (Å²) in [5.41, 5.74) is 2.59. The van der Waals surface area contributed by atoms with Gasteiger partial charge in [-0.05, 0) is 38.0 Å². The molecule has 0 spiro atoms. The third kappa shape index (κ3) is 2.71. The van der Waals surface area contributed by atoms with E-state index in [2.05, 4.69) is 47.8 Å². The second kappa shape index (κ2) is 5.40. The summed E-state index contributed by atoms with van der Waals surface area (Å²) < 4.78 is 2.09. The van der Waals surface area contributed by atoms with E-state index >= 15 is 0 Å². The van der Waals surface area contributed by atoms with Gasteiger partial charge in [-0.3, -0.25) is 4.68 Å². The second-order valence-corrected chi connectivity index (χ2v) is 6.86. The first-order valence-electron chi connectivity index (χ1n) is 8.07. The maximum absolute atomic E-state index is 4.66. The first-order valence-corrected chi connectivity index (χ1v) is 8.07. The zero-order chi connectivity index (χ0) is 14.3. The van der Waals surface area contributed by atoms with Crippen molar-refractivity contribution in [3.05, 3.63) is 11.3 Å². The third-order valence-corrected chi connectivity index (χ3v) is 5.09. The van der Waals surface area contributed by atoms with Crippen molar-refractivity contribution in [3.8, 4) is 0 Å². The van der Waals surface area contributed by atoms with Gasteiger partial charge in [-0.25, -0.2) is 0 Å². The number of nitrogens with one attached hydrogen (secondary N) is 1. The van der Waals surface area contributed by atoms with Crippen molar-refractivity contribution in [1.29, 1.82) is 0 Å². The molecule has 1 saturated heterocycles. The second-order valence-electron chi connectivity index (χ2n) is 6.86. The molecule has 2 aliphatic rings. The van der Waals surface area contributed by atoms with Crippen LogP contribution in [0.25, 0.3) is 0 Å². The summed E-state index contributed by atoms with van der Waals surface area (Å²) in [6.07, 6.45) is 3.97. The number of rotatable bonds is 4. The average molecular weight is 276 g/mol. The van der Waals surface area contributed by atoms with Crippen LogP contribution in [0.2, 0.25) is 0 Å². The highest BCUT2D eigenvalue weighted by Gasteiger charge is 2.28. The molecule has 0 bridgehead atoms. The Labute approximate surface area is 122 Å². The van der Waals surface area contributed by atoms with E-state index in [0.29, 0.717) is 0 Å². The lowest BCUT2D eigenvalue weighted by atomic mass is 9.88. The van der Waals surface area contributed by atoms with Crippen LogP contribution in [0.5, 0.6) is 0 Å². The minimum Gasteiger partial charge on any atom is -0.356 e. The van der Waals surface area contributed by atoms with Crippen molar-refractivity contribution in [2.45, 2.75) is 52.6 Å². The molecule has 0 amide bonds. The number of hydrogen-bond donors (Lipinski definition) is 1. The van der Waals surface area contributed by atoms with Gasteiger partial charge in [0.1, 0.15) is 5.82 Å². The van der Waals surface area contributed by atoms with Gasteiger partial charge in [0.25, 0.3) is 0 Å². The molecule has 3 rings (SSSR count). The molecule has 2 fully saturated rings. The van der Waals surface area contributed by atoms with Gasteiger partial charge in [-0.1, -0.05) is 13.8 Å². The van der Waals surface area contributed by atoms with E-state index in [9.17, 15) is 0 Å². The molecule has 1 aliphatic carbocycles. The molecule has 2 unspecified atom stereocenters. The number of anilines is 1. The molecule has 2 heterocycles. The summed E-state index contributed by atoms with van der Waals surface area (Å²) in [6, 6.07) is 0.753. The maximum atomic E-state index is 4.66. The Bertz CT molecular complexity index is 475. The van der Waals surface area contributed by atoms with Gasteiger partial charge in [-0.2, -0.15) is 5.10 Å². The smallest absolute Gasteiger partial charge is 0.131 e. The maximum Gasteiger partial charge on any atom is 0.131 e. The van der Waals surface area contributed by atoms with Gasteiger partial charge >= 0.3 is 0 Å². The van der Waals surface area contributed by atoms with Gasteiger partial charge in [-0.15, -0.1) is 0 Å². The summed E-state index contributed by atoms with van der Waals surface area (Å²) in [6.45, 7) is 10.2. The molecule has 1 saturated carbocycles. The fraction of sp³-hybridized carbons (Fsp3) is 0.812. The molecule has 4 heteroatoms. The van der Waals surface area contributed by atoms with Crippen LogP contribution in [0.1, 0.15) is 44.4 Å². The molecular formula is C16H28N4. The van der Waals surface area contributed by atoms with E-state index in [1.54, 1.807) is 0 Å². The van der Waals surface area contributed by atoms with Crippen LogP contribution < -0.4 is 10.2 Å². The van der Waals surface area contributed by atoms with Crippen molar-refractivity contribution in [3.63, 3.8) is 0 Å². The number of aromatic nitrogens is 2. The molecule has 4 nitrogen and oxygen atoms in total. The van der Waals surface area contributed by atoms with E-state index in [0.717, 1.165) is 31.0 Å². The fourth-order valence-electron chi connectivity index (χ4n) is 3.28. The highest BCUT2D eigenvalue weighted by Crippen LogP contribution is 2.31. The molecule has 20 heavy (non-hydrogen) atoms. The number of piperidine rings is 1. The van der Waals surface area contributed by atoms with Crippen molar-refractivity contribution < 1.29 is 0 Å². The van der Waals surface area contributed by atoms with E-state index in [1.165, 1.54) is 42.9 Å². The Morgan fingerprint density at radius 3 is 2.60 bits per heavy atom. The molecule has 1 aliphatic heterocycles. The van der Waals surface area contributed by atoms with Crippen LogP contribution >= 0.6 is 0 Å². The van der Waals surface area contributed by atoms with Gasteiger partial charge in [0.05, 0.1) is 5.69 Å². The lowest BCUT2D eigenvalue weighted by Gasteiger charge is -2.37. The lowest BCUT2D eigenvalue weighted by Crippen LogP contribution is -2.40. The van der Waals surface area contributed by atoms with Gasteiger partial charge in [0, 0.05) is 38.3 Å². The monoisotopic (exact) mass is 276 g/mol. The quantitative estimate of drug-likeness (QED) is 0.917. The van der Waals surface area contributed by atoms with Crippen molar-refractivity contribution in [1.82, 2.24) is 15.1 Å². The molecule has 1 N–H and O–H groups in total. The van der Waals surface area contributed by atoms with Crippen molar-refractivity contribution in [2.75, 3.05) is 18.0 Å². The lowest BCUT2D eigenvalue weighted by molar-refractivity contribution is 0.321. The number of aryl methyl sites for hydroxylation is 2. The van der Waals surface area contributed by atoms with Crippen molar-refractivity contribution >= 4 is 5.82 Å². The largest absolute Gasteiger partial charge is 0.356 e. The normalized spacial score (nSPS) is 27.1. The first-order chi connectivity index (χ1) is 9.56. The Balaban J connectivity index is 1.79. The predicted octanol–water partition coefficient (Wildman–Crippen LogP) is 2.46. The van der Waals surface area contributed by atoms with Crippen LogP contribution in [0.15, 0.2) is 0 Å². The van der Waals surface area contributed by atoms with Gasteiger partial charge < -0.3 is 10.2 Å². The summed E-state index contributed by atoms with van der Waals surface area (Å²) in [7, 11) is 2.09. The molecule has 2 atom stereocenters. The minimum absolute atomic E-state index is 0.753. The van der Waals surface area contributed by atoms with E-state index in [4.69, 9.17) is 0 Å². The fourth-order valence-corrected chi connectivity index (χ4v) is 3.28. The first kappa shape index (κ1) is 13.9. The molecular weight excluding hydrogens is 248 g/mol. The Morgan fingerprint density at radius 1 is 1.20 bits per heavy atom. The molecule has 1 aromatic rings. The van der Waals surface area contributed by atoms with Crippen LogP contribution in [-0.4, -0.2) is 28.9 Å². The Kier molecular flexibility index (Phi) is 3.76. The summed E-state index contributed by atoms with van der Waals surface area (Å²) >= 11 is 0. The van der Waals surface area contributed by atoms with E-state index < -0.39 is 0 Å². The molecule has 112 valence electrons. The van der Waals surface area contributed by atoms with E-state index in [-0.39, 0.29) is 0 Å². The average Bonchev–Trinajstić information content (AvgIpc) is 3.17. The van der Waals surface area contributed by atoms with Crippen molar-refractivity contribution in [2.24, 2.45) is 18.9 Å². The zero-order valence-electron chi connectivity index (χ0n) is 13.3. The Hall–Kier alpha value is -1.03. The van der Waals surface area contributed by atoms with Crippen LogP contribution in [0, 0.1) is 18.8 Å². The third-order valence-electron chi connectivity index (χ3n) is 5.09. The molecule has 0 aromatic carbocycles. The summed E-state index contributed by atoms with van der Waals surface area (Å²) in [5.74, 6) is 2.95. The van der Waals surface area contributed by atoms with Crippen LogP contribution in [-0.2, 0) is 13.6 Å². The van der Waals surface area contributed by atoms with Gasteiger partial charge in [0.15, 0.2) is 0 Å². The number of hydrogen-bond acceptors (Lipinski definition) is 3. The SMILES string of the molecule is Cc1nn(C)c(N2CCC(C)C(C)C2)c1CNC1CC1. The molecule has 1 aromatic heterocycles. The van der Waals surface area contributed by atoms with E-state index in [1.807, 2.05) is 0 Å². The predicted molar refractivity (Wildman–Crippen MR) is 83.0 cm³/mol. The van der Waals surface area contributed by atoms with Gasteiger partial charge in [0.2, 0.25) is 0 Å². The summed E-state index contributed by atoms with van der Waals surface area (Å²) in [5, 5.41) is 8.31. The zero-order valence-corrected chi connectivity index (χ0v) is 13.3. The minimum atomic E-state index is 0.753. The summed E-state index contributed by atoms with van der Waals surface area (Å²) in [4.78, 5) is 2.55.